The van der Waals surface area contributed by atoms with Crippen LogP contribution in [0.4, 0.5) is 5.69 Å². The van der Waals surface area contributed by atoms with Crippen molar-refractivity contribution in [1.29, 1.82) is 0 Å². The first-order valence-electron chi connectivity index (χ1n) is 8.71. The fraction of sp³-hybridized carbons (Fsp3) is 0.300. The van der Waals surface area contributed by atoms with Crippen LogP contribution in [0.25, 0.3) is 0 Å². The molecular weight excluding hydrogens is 396 g/mol. The Hall–Kier alpha value is -2.91. The van der Waals surface area contributed by atoms with Gasteiger partial charge in [0.15, 0.2) is 6.61 Å². The van der Waals surface area contributed by atoms with Gasteiger partial charge in [-0.1, -0.05) is 12.1 Å². The van der Waals surface area contributed by atoms with Gasteiger partial charge in [0, 0.05) is 19.8 Å². The molecule has 0 spiro atoms. The van der Waals surface area contributed by atoms with E-state index in [1.54, 1.807) is 6.07 Å². The number of methoxy groups -OCH3 is 1. The summed E-state index contributed by atoms with van der Waals surface area (Å²) < 4.78 is 36.0. The van der Waals surface area contributed by atoms with E-state index in [4.69, 9.17) is 9.47 Å². The molecule has 0 aliphatic carbocycles. The van der Waals surface area contributed by atoms with Crippen LogP contribution in [-0.2, 0) is 19.6 Å². The van der Waals surface area contributed by atoms with Gasteiger partial charge < -0.3 is 14.8 Å². The molecule has 29 heavy (non-hydrogen) atoms. The summed E-state index contributed by atoms with van der Waals surface area (Å²) in [5.74, 6) is -1.22. The van der Waals surface area contributed by atoms with E-state index in [0.717, 1.165) is 15.4 Å². The van der Waals surface area contributed by atoms with Gasteiger partial charge in [0.1, 0.15) is 10.6 Å². The van der Waals surface area contributed by atoms with Gasteiger partial charge in [-0.15, -0.1) is 0 Å². The number of carbonyl (C=O) groups excluding carboxylic acids is 2. The number of amides is 1. The third kappa shape index (κ3) is 5.12. The smallest absolute Gasteiger partial charge is 0.338 e. The zero-order chi connectivity index (χ0) is 21.8. The molecular formula is C20H24N2O6S. The van der Waals surface area contributed by atoms with Crippen molar-refractivity contribution in [2.75, 3.05) is 33.1 Å². The number of benzene rings is 2. The van der Waals surface area contributed by atoms with Gasteiger partial charge in [-0.2, -0.15) is 0 Å². The molecule has 0 fully saturated rings. The first-order chi connectivity index (χ1) is 13.6. The lowest BCUT2D eigenvalue weighted by atomic mass is 10.1. The first kappa shape index (κ1) is 22.4. The second-order valence-electron chi connectivity index (χ2n) is 6.52. The number of rotatable bonds is 7. The number of carbonyl (C=O) groups is 2. The van der Waals surface area contributed by atoms with Gasteiger partial charge in [0.2, 0.25) is 10.0 Å². The number of ether oxygens (including phenoxy) is 2. The van der Waals surface area contributed by atoms with Gasteiger partial charge in [-0.3, -0.25) is 4.79 Å². The molecule has 156 valence electrons. The van der Waals surface area contributed by atoms with Crippen LogP contribution in [0.5, 0.6) is 5.75 Å². The van der Waals surface area contributed by atoms with Crippen molar-refractivity contribution in [2.45, 2.75) is 18.7 Å². The molecule has 0 atom stereocenters. The summed E-state index contributed by atoms with van der Waals surface area (Å²) in [6.07, 6.45) is 0. The molecule has 0 radical (unpaired) electrons. The molecule has 0 aliphatic heterocycles. The van der Waals surface area contributed by atoms with Crippen LogP contribution in [0.1, 0.15) is 21.5 Å². The van der Waals surface area contributed by atoms with Crippen molar-refractivity contribution in [1.82, 2.24) is 4.31 Å². The van der Waals surface area contributed by atoms with Gasteiger partial charge in [0.25, 0.3) is 5.91 Å². The summed E-state index contributed by atoms with van der Waals surface area (Å²) >= 11 is 0. The van der Waals surface area contributed by atoms with Crippen molar-refractivity contribution >= 4 is 27.6 Å². The highest BCUT2D eigenvalue weighted by Crippen LogP contribution is 2.27. The Morgan fingerprint density at radius 1 is 1.10 bits per heavy atom. The number of anilines is 1. The van der Waals surface area contributed by atoms with Gasteiger partial charge in [0.05, 0.1) is 12.7 Å². The number of esters is 1. The second-order valence-corrected chi connectivity index (χ2v) is 8.65. The number of nitrogens with one attached hydrogen (secondary N) is 1. The minimum Gasteiger partial charge on any atom is -0.495 e. The molecule has 0 heterocycles. The van der Waals surface area contributed by atoms with E-state index in [9.17, 15) is 18.0 Å². The summed E-state index contributed by atoms with van der Waals surface area (Å²) in [5, 5.41) is 2.69. The molecule has 2 aromatic rings. The van der Waals surface area contributed by atoms with Gasteiger partial charge >= 0.3 is 5.97 Å². The van der Waals surface area contributed by atoms with E-state index in [1.165, 1.54) is 39.4 Å². The van der Waals surface area contributed by atoms with Crippen LogP contribution in [0.2, 0.25) is 0 Å². The largest absolute Gasteiger partial charge is 0.495 e. The Balaban J connectivity index is 2.13. The fourth-order valence-electron chi connectivity index (χ4n) is 2.49. The maximum atomic E-state index is 12.4. The predicted octanol–water partition coefficient (Wildman–Crippen LogP) is 2.36. The number of aryl methyl sites for hydroxylation is 1. The molecule has 9 heteroatoms. The van der Waals surface area contributed by atoms with E-state index in [0.29, 0.717) is 5.69 Å². The maximum Gasteiger partial charge on any atom is 0.338 e. The van der Waals surface area contributed by atoms with Crippen molar-refractivity contribution in [3.63, 3.8) is 0 Å². The van der Waals surface area contributed by atoms with Gasteiger partial charge in [-0.05, 0) is 49.2 Å². The van der Waals surface area contributed by atoms with Crippen LogP contribution in [-0.4, -0.2) is 52.4 Å². The molecule has 0 saturated carbocycles. The third-order valence-electron chi connectivity index (χ3n) is 4.37. The van der Waals surface area contributed by atoms with E-state index in [1.807, 2.05) is 26.0 Å². The molecule has 0 unspecified atom stereocenters. The lowest BCUT2D eigenvalue weighted by Gasteiger charge is -2.15. The Morgan fingerprint density at radius 2 is 1.79 bits per heavy atom. The van der Waals surface area contributed by atoms with E-state index < -0.39 is 28.5 Å². The standard InChI is InChI=1S/C20H24N2O6S/c1-13-7-6-8-16(14(13)2)21-19(23)12-28-20(24)15-9-10-17(27-5)18(11-15)29(25,26)22(3)4/h6-11H,12H2,1-5H3,(H,21,23). The highest BCUT2D eigenvalue weighted by Gasteiger charge is 2.24. The number of hydrogen-bond acceptors (Lipinski definition) is 6. The van der Waals surface area contributed by atoms with Crippen molar-refractivity contribution < 1.29 is 27.5 Å². The van der Waals surface area contributed by atoms with Crippen molar-refractivity contribution in [3.8, 4) is 5.75 Å². The summed E-state index contributed by atoms with van der Waals surface area (Å²) in [6, 6.07) is 9.40. The molecule has 8 nitrogen and oxygen atoms in total. The Kier molecular flexibility index (Phi) is 6.99. The van der Waals surface area contributed by atoms with E-state index >= 15 is 0 Å². The fourth-order valence-corrected chi connectivity index (χ4v) is 3.56. The van der Waals surface area contributed by atoms with Gasteiger partial charge in [-0.25, -0.2) is 17.5 Å². The number of nitrogens with zero attached hydrogens (tertiary/aromatic N) is 1. The zero-order valence-corrected chi connectivity index (χ0v) is 17.8. The van der Waals surface area contributed by atoms with E-state index in [-0.39, 0.29) is 16.2 Å². The lowest BCUT2D eigenvalue weighted by Crippen LogP contribution is -2.24. The van der Waals surface area contributed by atoms with Crippen LogP contribution >= 0.6 is 0 Å². The minimum atomic E-state index is -3.84. The number of hydrogen-bond donors (Lipinski definition) is 1. The highest BCUT2D eigenvalue weighted by molar-refractivity contribution is 7.89. The quantitative estimate of drug-likeness (QED) is 0.690. The predicted molar refractivity (Wildman–Crippen MR) is 109 cm³/mol. The molecule has 2 rings (SSSR count). The maximum absolute atomic E-state index is 12.4. The highest BCUT2D eigenvalue weighted by atomic mass is 32.2. The zero-order valence-electron chi connectivity index (χ0n) is 17.0. The molecule has 1 amide bonds. The normalized spacial score (nSPS) is 11.2. The summed E-state index contributed by atoms with van der Waals surface area (Å²) in [4.78, 5) is 24.3. The second kappa shape index (κ2) is 9.06. The first-order valence-corrected chi connectivity index (χ1v) is 10.2. The SMILES string of the molecule is COc1ccc(C(=O)OCC(=O)Nc2cccc(C)c2C)cc1S(=O)(=O)N(C)C. The summed E-state index contributed by atoms with van der Waals surface area (Å²) in [5.41, 5.74) is 2.56. The topological polar surface area (TPSA) is 102 Å². The summed E-state index contributed by atoms with van der Waals surface area (Å²) in [7, 11) is 0.243. The molecule has 1 N–H and O–H groups in total. The summed E-state index contributed by atoms with van der Waals surface area (Å²) in [6.45, 7) is 3.29. The minimum absolute atomic E-state index is 0.00855. The Labute approximate surface area is 170 Å². The lowest BCUT2D eigenvalue weighted by molar-refractivity contribution is -0.119. The molecule has 2 aromatic carbocycles. The molecule has 0 saturated heterocycles. The molecule has 0 aliphatic rings. The van der Waals surface area contributed by atoms with Crippen LogP contribution in [0.15, 0.2) is 41.3 Å². The Bertz CT molecular complexity index is 1030. The van der Waals surface area contributed by atoms with E-state index in [2.05, 4.69) is 5.32 Å². The van der Waals surface area contributed by atoms with Crippen LogP contribution in [0, 0.1) is 13.8 Å². The van der Waals surface area contributed by atoms with Crippen molar-refractivity contribution in [2.24, 2.45) is 0 Å². The molecule has 0 bridgehead atoms. The third-order valence-corrected chi connectivity index (χ3v) is 6.21. The average molecular weight is 420 g/mol. The van der Waals surface area contributed by atoms with Crippen LogP contribution in [0.3, 0.4) is 0 Å². The van der Waals surface area contributed by atoms with Crippen molar-refractivity contribution in [3.05, 3.63) is 53.1 Å². The average Bonchev–Trinajstić information content (AvgIpc) is 2.69. The number of sulfonamides is 1. The van der Waals surface area contributed by atoms with Crippen LogP contribution < -0.4 is 10.1 Å². The Morgan fingerprint density at radius 3 is 2.41 bits per heavy atom. The molecule has 0 aromatic heterocycles. The monoisotopic (exact) mass is 420 g/mol.